The van der Waals surface area contributed by atoms with Crippen molar-refractivity contribution in [2.45, 2.75) is 64.5 Å². The van der Waals surface area contributed by atoms with Gasteiger partial charge in [-0.15, -0.1) is 0 Å². The predicted molar refractivity (Wildman–Crippen MR) is 91.9 cm³/mol. The van der Waals surface area contributed by atoms with Gasteiger partial charge in [-0.05, 0) is 52.7 Å². The first-order valence-electron chi connectivity index (χ1n) is 8.46. The van der Waals surface area contributed by atoms with Crippen LogP contribution in [-0.2, 0) is 10.2 Å². The zero-order chi connectivity index (χ0) is 18.2. The zero-order valence-corrected chi connectivity index (χ0v) is 15.3. The highest BCUT2D eigenvalue weighted by Crippen LogP contribution is 2.47. The summed E-state index contributed by atoms with van der Waals surface area (Å²) in [5.74, 6) is 0.817. The number of hydrogen-bond acceptors (Lipinski definition) is 6. The second-order valence-corrected chi connectivity index (χ2v) is 7.81. The van der Waals surface area contributed by atoms with Gasteiger partial charge in [-0.3, -0.25) is 4.98 Å². The van der Waals surface area contributed by atoms with E-state index in [4.69, 9.17) is 9.26 Å². The number of ether oxygens (including phenoxy) is 1. The quantitative estimate of drug-likeness (QED) is 0.908. The number of aromatic nitrogens is 3. The number of pyridine rings is 1. The van der Waals surface area contributed by atoms with Crippen LogP contribution in [0.5, 0.6) is 0 Å². The Morgan fingerprint density at radius 3 is 2.76 bits per heavy atom. The second-order valence-electron chi connectivity index (χ2n) is 7.81. The maximum Gasteiger partial charge on any atom is 0.408 e. The number of rotatable bonds is 4. The first kappa shape index (κ1) is 17.4. The van der Waals surface area contributed by atoms with E-state index in [-0.39, 0.29) is 5.41 Å². The molecule has 2 aromatic heterocycles. The van der Waals surface area contributed by atoms with Gasteiger partial charge in [0.1, 0.15) is 11.6 Å². The summed E-state index contributed by atoms with van der Waals surface area (Å²) in [4.78, 5) is 20.7. The molecule has 7 nitrogen and oxygen atoms in total. The predicted octanol–water partition coefficient (Wildman–Crippen LogP) is 3.77. The summed E-state index contributed by atoms with van der Waals surface area (Å²) in [5, 5.41) is 6.72. The first-order valence-corrected chi connectivity index (χ1v) is 8.46. The Hall–Kier alpha value is -2.44. The molecule has 134 valence electrons. The molecule has 7 heteroatoms. The van der Waals surface area contributed by atoms with Gasteiger partial charge in [-0.2, -0.15) is 4.98 Å². The Bertz CT molecular complexity index is 775. The topological polar surface area (TPSA) is 90.1 Å². The molecule has 1 N–H and O–H groups in total. The maximum atomic E-state index is 11.8. The summed E-state index contributed by atoms with van der Waals surface area (Å²) in [6, 6.07) is 3.42. The number of carbonyl (C=O) groups is 1. The van der Waals surface area contributed by atoms with Crippen molar-refractivity contribution >= 4 is 6.09 Å². The van der Waals surface area contributed by atoms with Crippen LogP contribution in [0.1, 0.15) is 65.1 Å². The van der Waals surface area contributed by atoms with Gasteiger partial charge in [0.2, 0.25) is 11.7 Å². The van der Waals surface area contributed by atoms with E-state index < -0.39 is 17.7 Å². The Morgan fingerprint density at radius 1 is 1.40 bits per heavy atom. The summed E-state index contributed by atoms with van der Waals surface area (Å²) in [7, 11) is 0. The van der Waals surface area contributed by atoms with E-state index in [0.29, 0.717) is 11.7 Å². The lowest BCUT2D eigenvalue weighted by atomic mass is 10.0. The fourth-order valence-corrected chi connectivity index (χ4v) is 2.42. The van der Waals surface area contributed by atoms with Crippen LogP contribution >= 0.6 is 0 Å². The number of hydrogen-bond donors (Lipinski definition) is 1. The smallest absolute Gasteiger partial charge is 0.408 e. The SMILES string of the molecule is C[C@H](NC(=O)OC(C)(C)C)c1nc(-c2ccnc(C3(C)CC3)c2)no1. The molecule has 25 heavy (non-hydrogen) atoms. The lowest BCUT2D eigenvalue weighted by molar-refractivity contribution is 0.0499. The van der Waals surface area contributed by atoms with E-state index in [1.54, 1.807) is 13.1 Å². The third-order valence-electron chi connectivity index (χ3n) is 4.18. The minimum absolute atomic E-state index is 0.175. The molecule has 0 aromatic carbocycles. The molecule has 1 atom stereocenters. The average molecular weight is 344 g/mol. The maximum absolute atomic E-state index is 11.8. The second kappa shape index (κ2) is 6.13. The van der Waals surface area contributed by atoms with Gasteiger partial charge in [0.15, 0.2) is 0 Å². The van der Waals surface area contributed by atoms with Gasteiger partial charge in [0, 0.05) is 22.9 Å². The summed E-state index contributed by atoms with van der Waals surface area (Å²) in [6.45, 7) is 9.40. The normalized spacial score (nSPS) is 17.0. The van der Waals surface area contributed by atoms with Crippen LogP contribution in [0.3, 0.4) is 0 Å². The molecule has 1 aliphatic carbocycles. The van der Waals surface area contributed by atoms with Gasteiger partial charge >= 0.3 is 6.09 Å². The summed E-state index contributed by atoms with van der Waals surface area (Å²) < 4.78 is 10.5. The van der Waals surface area contributed by atoms with Gasteiger partial charge in [0.25, 0.3) is 0 Å². The van der Waals surface area contributed by atoms with E-state index >= 15 is 0 Å². The van der Waals surface area contributed by atoms with Crippen LogP contribution < -0.4 is 5.32 Å². The van der Waals surface area contributed by atoms with E-state index in [0.717, 1.165) is 24.1 Å². The molecule has 1 saturated carbocycles. The number of carbonyl (C=O) groups excluding carboxylic acids is 1. The van der Waals surface area contributed by atoms with Crippen LogP contribution in [0.15, 0.2) is 22.9 Å². The minimum atomic E-state index is -0.559. The van der Waals surface area contributed by atoms with Crippen molar-refractivity contribution in [3.05, 3.63) is 29.9 Å². The van der Waals surface area contributed by atoms with Crippen LogP contribution in [-0.4, -0.2) is 26.8 Å². The Balaban J connectivity index is 1.71. The van der Waals surface area contributed by atoms with Crippen molar-refractivity contribution in [3.63, 3.8) is 0 Å². The molecule has 1 fully saturated rings. The van der Waals surface area contributed by atoms with Crippen molar-refractivity contribution in [1.82, 2.24) is 20.4 Å². The fraction of sp³-hybridized carbons (Fsp3) is 0.556. The van der Waals surface area contributed by atoms with Crippen molar-refractivity contribution in [2.24, 2.45) is 0 Å². The molecule has 3 rings (SSSR count). The largest absolute Gasteiger partial charge is 0.444 e. The molecule has 0 aliphatic heterocycles. The van der Waals surface area contributed by atoms with Crippen molar-refractivity contribution in [1.29, 1.82) is 0 Å². The Morgan fingerprint density at radius 2 is 2.12 bits per heavy atom. The lowest BCUT2D eigenvalue weighted by Crippen LogP contribution is -2.34. The molecule has 1 aliphatic rings. The van der Waals surface area contributed by atoms with Crippen LogP contribution in [0, 0.1) is 0 Å². The number of nitrogens with one attached hydrogen (secondary N) is 1. The van der Waals surface area contributed by atoms with Crippen LogP contribution in [0.2, 0.25) is 0 Å². The van der Waals surface area contributed by atoms with Gasteiger partial charge in [-0.25, -0.2) is 4.79 Å². The molecule has 2 heterocycles. The molecular formula is C18H24N4O3. The summed E-state index contributed by atoms with van der Waals surface area (Å²) in [6.07, 6.45) is 3.55. The van der Waals surface area contributed by atoms with Crippen molar-refractivity contribution in [2.75, 3.05) is 0 Å². The third kappa shape index (κ3) is 4.15. The van der Waals surface area contributed by atoms with Gasteiger partial charge in [-0.1, -0.05) is 12.1 Å². The van der Waals surface area contributed by atoms with E-state index in [2.05, 4.69) is 27.4 Å². The zero-order valence-electron chi connectivity index (χ0n) is 15.3. The molecule has 0 bridgehead atoms. The fourth-order valence-electron chi connectivity index (χ4n) is 2.42. The highest BCUT2D eigenvalue weighted by Gasteiger charge is 2.40. The highest BCUT2D eigenvalue weighted by molar-refractivity contribution is 5.68. The summed E-state index contributed by atoms with van der Waals surface area (Å²) in [5.41, 5.74) is 1.53. The summed E-state index contributed by atoms with van der Waals surface area (Å²) >= 11 is 0. The first-order chi connectivity index (χ1) is 11.7. The molecule has 0 unspecified atom stereocenters. The van der Waals surface area contributed by atoms with Crippen molar-refractivity contribution in [3.8, 4) is 11.4 Å². The Labute approximate surface area is 147 Å². The minimum Gasteiger partial charge on any atom is -0.444 e. The standard InChI is InChI=1S/C18H24N4O3/c1-11(20-16(23)24-17(2,3)4)15-21-14(22-25-15)12-6-9-19-13(10-12)18(5)7-8-18/h6,9-11H,7-8H2,1-5H3,(H,20,23)/t11-/m0/s1. The van der Waals surface area contributed by atoms with Gasteiger partial charge < -0.3 is 14.6 Å². The van der Waals surface area contributed by atoms with E-state index in [1.807, 2.05) is 32.9 Å². The molecule has 0 saturated heterocycles. The number of alkyl carbamates (subject to hydrolysis) is 1. The molecule has 2 aromatic rings. The van der Waals surface area contributed by atoms with Gasteiger partial charge in [0.05, 0.1) is 0 Å². The van der Waals surface area contributed by atoms with Crippen LogP contribution in [0.25, 0.3) is 11.4 Å². The molecule has 0 radical (unpaired) electrons. The van der Waals surface area contributed by atoms with E-state index in [9.17, 15) is 4.79 Å². The third-order valence-corrected chi connectivity index (χ3v) is 4.18. The Kier molecular flexibility index (Phi) is 4.26. The average Bonchev–Trinajstić information content (AvgIpc) is 3.09. The molecular weight excluding hydrogens is 320 g/mol. The molecule has 0 spiro atoms. The van der Waals surface area contributed by atoms with Crippen molar-refractivity contribution < 1.29 is 14.1 Å². The molecule has 1 amide bonds. The van der Waals surface area contributed by atoms with Crippen LogP contribution in [0.4, 0.5) is 4.79 Å². The highest BCUT2D eigenvalue weighted by atomic mass is 16.6. The van der Waals surface area contributed by atoms with E-state index in [1.165, 1.54) is 0 Å². The number of nitrogens with zero attached hydrogens (tertiary/aromatic N) is 3. The monoisotopic (exact) mass is 344 g/mol. The number of amides is 1. The lowest BCUT2D eigenvalue weighted by Gasteiger charge is -2.20.